The number of benzene rings is 1. The van der Waals surface area contributed by atoms with E-state index in [2.05, 4.69) is 5.32 Å². The van der Waals surface area contributed by atoms with Gasteiger partial charge < -0.3 is 9.84 Å². The highest BCUT2D eigenvalue weighted by Gasteiger charge is 2.19. The Morgan fingerprint density at radius 1 is 1.21 bits per heavy atom. The summed E-state index contributed by atoms with van der Waals surface area (Å²) in [7, 11) is 0. The molecule has 7 nitrogen and oxygen atoms in total. The van der Waals surface area contributed by atoms with Crippen molar-refractivity contribution in [3.63, 3.8) is 0 Å². The first-order valence-corrected chi connectivity index (χ1v) is 7.44. The Kier molecular flexibility index (Phi) is 5.73. The number of carbonyl (C=O) groups excluding carboxylic acids is 1. The van der Waals surface area contributed by atoms with Gasteiger partial charge in [-0.1, -0.05) is 37.3 Å². The third-order valence-corrected chi connectivity index (χ3v) is 3.43. The number of pyridine rings is 1. The highest BCUT2D eigenvalue weighted by atomic mass is 16.5. The van der Waals surface area contributed by atoms with Crippen LogP contribution < -0.4 is 10.9 Å². The van der Waals surface area contributed by atoms with Crippen molar-refractivity contribution >= 4 is 17.7 Å². The van der Waals surface area contributed by atoms with Crippen molar-refractivity contribution in [2.24, 2.45) is 0 Å². The van der Waals surface area contributed by atoms with E-state index in [9.17, 15) is 14.4 Å². The predicted molar refractivity (Wildman–Crippen MR) is 87.9 cm³/mol. The summed E-state index contributed by atoms with van der Waals surface area (Å²) in [6.07, 6.45) is 0.847. The first-order chi connectivity index (χ1) is 11.5. The van der Waals surface area contributed by atoms with Crippen LogP contribution in [-0.4, -0.2) is 21.7 Å². The van der Waals surface area contributed by atoms with Crippen LogP contribution in [0, 0.1) is 0 Å². The highest BCUT2D eigenvalue weighted by Crippen LogP contribution is 2.11. The lowest BCUT2D eigenvalue weighted by Gasteiger charge is -2.15. The van der Waals surface area contributed by atoms with Crippen molar-refractivity contribution < 1.29 is 19.4 Å². The van der Waals surface area contributed by atoms with E-state index in [0.29, 0.717) is 0 Å². The van der Waals surface area contributed by atoms with Crippen molar-refractivity contribution in [1.82, 2.24) is 4.57 Å². The molecule has 0 radical (unpaired) electrons. The number of anilines is 1. The van der Waals surface area contributed by atoms with E-state index in [1.165, 1.54) is 18.3 Å². The van der Waals surface area contributed by atoms with Gasteiger partial charge in [0.05, 0.1) is 0 Å². The first-order valence-electron chi connectivity index (χ1n) is 7.44. The Labute approximate surface area is 138 Å². The number of hydrogen-bond donors (Lipinski definition) is 2. The lowest BCUT2D eigenvalue weighted by atomic mass is 10.2. The zero-order valence-electron chi connectivity index (χ0n) is 13.1. The van der Waals surface area contributed by atoms with Gasteiger partial charge in [-0.3, -0.25) is 14.7 Å². The van der Waals surface area contributed by atoms with Crippen LogP contribution in [0.2, 0.25) is 0 Å². The maximum atomic E-state index is 12.3. The van der Waals surface area contributed by atoms with Crippen LogP contribution in [-0.2, 0) is 16.1 Å². The Morgan fingerprint density at radius 3 is 2.54 bits per heavy atom. The fourth-order valence-electron chi connectivity index (χ4n) is 2.21. The van der Waals surface area contributed by atoms with Gasteiger partial charge in [-0.25, -0.2) is 9.59 Å². The number of carbonyl (C=O) groups is 2. The SMILES string of the molecule is CC[C@@H](C(=O)O)n1cccc(NC(=O)OCc2ccccc2)c1=O. The van der Waals surface area contributed by atoms with Gasteiger partial charge in [-0.15, -0.1) is 0 Å². The van der Waals surface area contributed by atoms with Crippen LogP contribution >= 0.6 is 0 Å². The molecule has 0 aliphatic rings. The van der Waals surface area contributed by atoms with Gasteiger partial charge >= 0.3 is 12.1 Å². The van der Waals surface area contributed by atoms with Crippen LogP contribution in [0.1, 0.15) is 24.9 Å². The van der Waals surface area contributed by atoms with Gasteiger partial charge in [0.1, 0.15) is 18.3 Å². The van der Waals surface area contributed by atoms with Crippen LogP contribution in [0.15, 0.2) is 53.5 Å². The number of aromatic nitrogens is 1. The number of nitrogens with one attached hydrogen (secondary N) is 1. The standard InChI is InChI=1S/C17H18N2O5/c1-2-14(16(21)22)19-10-6-9-13(15(19)20)18-17(23)24-11-12-7-4-3-5-8-12/h3-10,14H,2,11H2,1H3,(H,18,23)(H,21,22)/t14-/m0/s1. The number of carboxylic acids is 1. The van der Waals surface area contributed by atoms with Crippen molar-refractivity contribution in [2.45, 2.75) is 26.0 Å². The number of rotatable bonds is 6. The second-order valence-electron chi connectivity index (χ2n) is 5.08. The van der Waals surface area contributed by atoms with Gasteiger partial charge in [0.15, 0.2) is 0 Å². The first kappa shape index (κ1) is 17.3. The molecule has 1 aromatic carbocycles. The molecule has 7 heteroatoms. The topological polar surface area (TPSA) is 97.6 Å². The van der Waals surface area contributed by atoms with Crippen molar-refractivity contribution in [2.75, 3.05) is 5.32 Å². The molecule has 0 aliphatic carbocycles. The molecular weight excluding hydrogens is 312 g/mol. The van der Waals surface area contributed by atoms with Crippen LogP contribution in [0.4, 0.5) is 10.5 Å². The van der Waals surface area contributed by atoms with Gasteiger partial charge in [0.25, 0.3) is 5.56 Å². The van der Waals surface area contributed by atoms with Crippen LogP contribution in [0.3, 0.4) is 0 Å². The van der Waals surface area contributed by atoms with E-state index >= 15 is 0 Å². The molecule has 2 N–H and O–H groups in total. The largest absolute Gasteiger partial charge is 0.480 e. The molecule has 1 aromatic heterocycles. The third kappa shape index (κ3) is 4.22. The Hall–Kier alpha value is -3.09. The molecule has 0 bridgehead atoms. The molecule has 0 fully saturated rings. The minimum absolute atomic E-state index is 0.0322. The molecule has 126 valence electrons. The quantitative estimate of drug-likeness (QED) is 0.848. The Bertz CT molecular complexity index is 770. The average Bonchev–Trinajstić information content (AvgIpc) is 2.57. The van der Waals surface area contributed by atoms with Crippen molar-refractivity contribution in [1.29, 1.82) is 0 Å². The fourth-order valence-corrected chi connectivity index (χ4v) is 2.21. The molecule has 2 rings (SSSR count). The van der Waals surface area contributed by atoms with E-state index in [-0.39, 0.29) is 18.7 Å². The molecule has 0 spiro atoms. The smallest absolute Gasteiger partial charge is 0.412 e. The molecule has 1 atom stereocenters. The summed E-state index contributed by atoms with van der Waals surface area (Å²) in [5.41, 5.74) is 0.189. The maximum absolute atomic E-state index is 12.3. The van der Waals surface area contributed by atoms with Gasteiger partial charge in [-0.05, 0) is 24.1 Å². The maximum Gasteiger partial charge on any atom is 0.412 e. The molecule has 0 saturated carbocycles. The number of carboxylic acid groups (broad SMARTS) is 1. The van der Waals surface area contributed by atoms with Gasteiger partial charge in [0, 0.05) is 6.20 Å². The molecular formula is C17H18N2O5. The number of nitrogens with zero attached hydrogens (tertiary/aromatic N) is 1. The van der Waals surface area contributed by atoms with Gasteiger partial charge in [0.2, 0.25) is 0 Å². The zero-order chi connectivity index (χ0) is 17.5. The van der Waals surface area contributed by atoms with Crippen LogP contribution in [0.5, 0.6) is 0 Å². The third-order valence-electron chi connectivity index (χ3n) is 3.43. The second kappa shape index (κ2) is 7.96. The van der Waals surface area contributed by atoms with E-state index in [4.69, 9.17) is 9.84 Å². The van der Waals surface area contributed by atoms with E-state index in [1.807, 2.05) is 30.3 Å². The Morgan fingerprint density at radius 2 is 1.92 bits per heavy atom. The van der Waals surface area contributed by atoms with Crippen LogP contribution in [0.25, 0.3) is 0 Å². The Balaban J connectivity index is 2.08. The normalized spacial score (nSPS) is 11.5. The average molecular weight is 330 g/mol. The minimum atomic E-state index is -1.11. The number of hydrogen-bond acceptors (Lipinski definition) is 4. The monoisotopic (exact) mass is 330 g/mol. The number of ether oxygens (including phenoxy) is 1. The summed E-state index contributed by atoms with van der Waals surface area (Å²) in [5.74, 6) is -1.11. The molecule has 2 aromatic rings. The molecule has 1 amide bonds. The predicted octanol–water partition coefficient (Wildman–Crippen LogP) is 2.63. The van der Waals surface area contributed by atoms with E-state index in [0.717, 1.165) is 10.1 Å². The zero-order valence-corrected chi connectivity index (χ0v) is 13.1. The van der Waals surface area contributed by atoms with E-state index in [1.54, 1.807) is 6.92 Å². The summed E-state index contributed by atoms with van der Waals surface area (Å²) in [5, 5.41) is 11.5. The second-order valence-corrected chi connectivity index (χ2v) is 5.08. The van der Waals surface area contributed by atoms with Crippen molar-refractivity contribution in [3.05, 3.63) is 64.6 Å². The summed E-state index contributed by atoms with van der Waals surface area (Å²) in [6.45, 7) is 1.74. The highest BCUT2D eigenvalue weighted by molar-refractivity contribution is 5.84. The molecule has 24 heavy (non-hydrogen) atoms. The lowest BCUT2D eigenvalue weighted by Crippen LogP contribution is -2.31. The number of amides is 1. The van der Waals surface area contributed by atoms with Gasteiger partial charge in [-0.2, -0.15) is 0 Å². The lowest BCUT2D eigenvalue weighted by molar-refractivity contribution is -0.141. The van der Waals surface area contributed by atoms with Crippen molar-refractivity contribution in [3.8, 4) is 0 Å². The molecule has 0 aliphatic heterocycles. The molecule has 0 saturated heterocycles. The summed E-state index contributed by atoms with van der Waals surface area (Å²) >= 11 is 0. The molecule has 1 heterocycles. The summed E-state index contributed by atoms with van der Waals surface area (Å²) < 4.78 is 6.13. The van der Waals surface area contributed by atoms with E-state index < -0.39 is 23.7 Å². The fraction of sp³-hybridized carbons (Fsp3) is 0.235. The summed E-state index contributed by atoms with van der Waals surface area (Å²) in [4.78, 5) is 35.3. The molecule has 0 unspecified atom stereocenters. The minimum Gasteiger partial charge on any atom is -0.480 e. The number of aliphatic carboxylic acids is 1. The summed E-state index contributed by atoms with van der Waals surface area (Å²) in [6, 6.07) is 11.0.